The van der Waals surface area contributed by atoms with Crippen LogP contribution in [-0.4, -0.2) is 34.8 Å². The Labute approximate surface area is 187 Å². The fourth-order valence-corrected chi connectivity index (χ4v) is 3.93. The van der Waals surface area contributed by atoms with Gasteiger partial charge in [-0.3, -0.25) is 9.69 Å². The zero-order chi connectivity index (χ0) is 24.7. The van der Waals surface area contributed by atoms with Gasteiger partial charge in [-0.1, -0.05) is 18.1 Å². The maximum Gasteiger partial charge on any atom is 0.416 e. The lowest BCUT2D eigenvalue weighted by Crippen LogP contribution is -2.49. The second-order valence-electron chi connectivity index (χ2n) is 7.49. The number of anilines is 1. The number of hydrogen-bond donors (Lipinski definition) is 1. The van der Waals surface area contributed by atoms with Crippen LogP contribution in [0, 0.1) is 12.3 Å². The Bertz CT molecular complexity index is 1240. The molecule has 0 radical (unpaired) electrons. The summed E-state index contributed by atoms with van der Waals surface area (Å²) in [6, 6.07) is 6.58. The number of carbonyl (C=O) groups is 3. The molecule has 1 heterocycles. The van der Waals surface area contributed by atoms with Gasteiger partial charge in [0.25, 0.3) is 0 Å². The zero-order valence-corrected chi connectivity index (χ0v) is 17.9. The summed E-state index contributed by atoms with van der Waals surface area (Å²) in [5.41, 5.74) is -0.570. The van der Waals surface area contributed by atoms with Gasteiger partial charge in [-0.25, -0.2) is 9.59 Å². The minimum absolute atomic E-state index is 0.0717. The standard InChI is InChI=1S/C24H19F3N2O4/c1-5-15-9-10-18(19(11-15)22(31)32)21-20(14(3)30)13(2)29(23(33)28(21)4)17-8-6-7-16(12-17)24(25,26)27/h1,6-12,21H,2-4H3,(H,31,32). The fourth-order valence-electron chi connectivity index (χ4n) is 3.93. The molecule has 0 saturated heterocycles. The molecule has 1 aliphatic heterocycles. The third kappa shape index (κ3) is 4.20. The Balaban J connectivity index is 2.26. The lowest BCUT2D eigenvalue weighted by molar-refractivity contribution is -0.137. The average molecular weight is 456 g/mol. The number of carbonyl (C=O) groups excluding carboxylic acids is 2. The molecule has 0 saturated carbocycles. The molecule has 2 amide bonds. The van der Waals surface area contributed by atoms with E-state index in [1.54, 1.807) is 0 Å². The second-order valence-corrected chi connectivity index (χ2v) is 7.49. The minimum atomic E-state index is -4.63. The molecule has 0 fully saturated rings. The van der Waals surface area contributed by atoms with Crippen molar-refractivity contribution in [2.45, 2.75) is 26.1 Å². The van der Waals surface area contributed by atoms with Gasteiger partial charge in [-0.15, -0.1) is 6.42 Å². The van der Waals surface area contributed by atoms with E-state index in [1.807, 2.05) is 0 Å². The van der Waals surface area contributed by atoms with Crippen LogP contribution in [0.5, 0.6) is 0 Å². The van der Waals surface area contributed by atoms with E-state index in [-0.39, 0.29) is 28.1 Å². The molecule has 6 nitrogen and oxygen atoms in total. The fraction of sp³-hybridized carbons (Fsp3) is 0.208. The first-order chi connectivity index (χ1) is 15.4. The number of allylic oxidation sites excluding steroid dienone is 1. The number of nitrogens with zero attached hydrogens (tertiary/aromatic N) is 2. The Morgan fingerprint density at radius 2 is 1.82 bits per heavy atom. The number of terminal acetylenes is 1. The quantitative estimate of drug-likeness (QED) is 0.667. The molecule has 0 spiro atoms. The van der Waals surface area contributed by atoms with Crippen molar-refractivity contribution in [3.63, 3.8) is 0 Å². The molecule has 9 heteroatoms. The van der Waals surface area contributed by atoms with Gasteiger partial charge in [0, 0.05) is 23.9 Å². The van der Waals surface area contributed by atoms with Gasteiger partial charge in [0.15, 0.2) is 5.78 Å². The van der Waals surface area contributed by atoms with Crippen LogP contribution in [0.2, 0.25) is 0 Å². The van der Waals surface area contributed by atoms with Gasteiger partial charge in [-0.2, -0.15) is 13.2 Å². The topological polar surface area (TPSA) is 77.9 Å². The SMILES string of the molecule is C#Cc1ccc(C2C(C(C)=O)=C(C)N(c3cccc(C(F)(F)F)c3)C(=O)N2C)c(C(=O)O)c1. The van der Waals surface area contributed by atoms with Crippen molar-refractivity contribution >= 4 is 23.5 Å². The van der Waals surface area contributed by atoms with Crippen LogP contribution in [0.1, 0.15) is 46.9 Å². The van der Waals surface area contributed by atoms with Gasteiger partial charge in [0.05, 0.1) is 22.9 Å². The summed E-state index contributed by atoms with van der Waals surface area (Å²) in [6.45, 7) is 2.68. The number of benzene rings is 2. The second kappa shape index (κ2) is 8.47. The van der Waals surface area contributed by atoms with Crippen LogP contribution in [0.25, 0.3) is 0 Å². The van der Waals surface area contributed by atoms with Gasteiger partial charge in [0.2, 0.25) is 0 Å². The molecule has 1 atom stereocenters. The summed E-state index contributed by atoms with van der Waals surface area (Å²) in [4.78, 5) is 40.0. The first-order valence-electron chi connectivity index (χ1n) is 9.68. The van der Waals surface area contributed by atoms with Crippen molar-refractivity contribution < 1.29 is 32.7 Å². The molecule has 1 unspecified atom stereocenters. The van der Waals surface area contributed by atoms with Crippen LogP contribution in [0.4, 0.5) is 23.7 Å². The Hall–Kier alpha value is -4.06. The molecule has 2 aromatic rings. The normalized spacial score (nSPS) is 16.6. The summed E-state index contributed by atoms with van der Waals surface area (Å²) < 4.78 is 39.7. The predicted molar refractivity (Wildman–Crippen MR) is 115 cm³/mol. The molecule has 3 rings (SSSR count). The summed E-state index contributed by atoms with van der Waals surface area (Å²) in [5, 5.41) is 9.71. The van der Waals surface area contributed by atoms with E-state index in [4.69, 9.17) is 6.42 Å². The molecule has 1 N–H and O–H groups in total. The van der Waals surface area contributed by atoms with E-state index in [9.17, 15) is 32.7 Å². The maximum absolute atomic E-state index is 13.3. The van der Waals surface area contributed by atoms with Crippen LogP contribution in [-0.2, 0) is 11.0 Å². The molecule has 1 aliphatic rings. The van der Waals surface area contributed by atoms with Gasteiger partial charge < -0.3 is 10.0 Å². The van der Waals surface area contributed by atoms with Crippen molar-refractivity contribution in [3.8, 4) is 12.3 Å². The van der Waals surface area contributed by atoms with E-state index in [0.717, 1.165) is 21.9 Å². The number of Topliss-reactive ketones (excluding diaryl/α,β-unsaturated/α-hetero) is 1. The third-order valence-corrected chi connectivity index (χ3v) is 5.43. The molecule has 2 aromatic carbocycles. The number of carboxylic acids is 1. The zero-order valence-electron chi connectivity index (χ0n) is 17.9. The summed E-state index contributed by atoms with van der Waals surface area (Å²) in [6.07, 6.45) is 0.736. The maximum atomic E-state index is 13.3. The largest absolute Gasteiger partial charge is 0.478 e. The number of amides is 2. The van der Waals surface area contributed by atoms with Crippen molar-refractivity contribution in [3.05, 3.63) is 76.0 Å². The number of halogens is 3. The number of ketones is 1. The number of rotatable bonds is 4. The Kier molecular flexibility index (Phi) is 6.05. The average Bonchev–Trinajstić information content (AvgIpc) is 2.75. The highest BCUT2D eigenvalue weighted by atomic mass is 19.4. The lowest BCUT2D eigenvalue weighted by atomic mass is 9.87. The lowest BCUT2D eigenvalue weighted by Gasteiger charge is -2.41. The molecular formula is C24H19F3N2O4. The first kappa shape index (κ1) is 23.6. The van der Waals surface area contributed by atoms with Crippen LogP contribution in [0.15, 0.2) is 53.7 Å². The molecule has 0 aliphatic carbocycles. The molecular weight excluding hydrogens is 437 g/mol. The number of carboxylic acid groups (broad SMARTS) is 1. The molecule has 0 aromatic heterocycles. The smallest absolute Gasteiger partial charge is 0.416 e. The summed E-state index contributed by atoms with van der Waals surface area (Å²) >= 11 is 0. The number of aromatic carboxylic acids is 1. The monoisotopic (exact) mass is 456 g/mol. The minimum Gasteiger partial charge on any atom is -0.478 e. The highest BCUT2D eigenvalue weighted by molar-refractivity contribution is 6.05. The third-order valence-electron chi connectivity index (χ3n) is 5.43. The van der Waals surface area contributed by atoms with Crippen LogP contribution in [0.3, 0.4) is 0 Å². The predicted octanol–water partition coefficient (Wildman–Crippen LogP) is 4.86. The van der Waals surface area contributed by atoms with Crippen molar-refractivity contribution in [1.29, 1.82) is 0 Å². The van der Waals surface area contributed by atoms with Gasteiger partial charge >= 0.3 is 18.2 Å². The number of hydrogen-bond acceptors (Lipinski definition) is 3. The summed E-state index contributed by atoms with van der Waals surface area (Å²) in [7, 11) is 1.35. The Morgan fingerprint density at radius 3 is 2.36 bits per heavy atom. The molecule has 0 bridgehead atoms. The van der Waals surface area contributed by atoms with E-state index >= 15 is 0 Å². The molecule has 33 heavy (non-hydrogen) atoms. The Morgan fingerprint density at radius 1 is 1.15 bits per heavy atom. The van der Waals surface area contributed by atoms with Gasteiger partial charge in [0.1, 0.15) is 0 Å². The van der Waals surface area contributed by atoms with E-state index in [2.05, 4.69) is 5.92 Å². The van der Waals surface area contributed by atoms with Gasteiger partial charge in [-0.05, 0) is 49.7 Å². The van der Waals surface area contributed by atoms with Crippen molar-refractivity contribution in [2.24, 2.45) is 0 Å². The first-order valence-corrected chi connectivity index (χ1v) is 9.68. The van der Waals surface area contributed by atoms with E-state index in [1.165, 1.54) is 51.2 Å². The number of alkyl halides is 3. The highest BCUT2D eigenvalue weighted by Crippen LogP contribution is 2.41. The van der Waals surface area contributed by atoms with E-state index in [0.29, 0.717) is 5.56 Å². The molecule has 170 valence electrons. The van der Waals surface area contributed by atoms with Crippen molar-refractivity contribution in [2.75, 3.05) is 11.9 Å². The van der Waals surface area contributed by atoms with Crippen LogP contribution >= 0.6 is 0 Å². The van der Waals surface area contributed by atoms with Crippen LogP contribution < -0.4 is 4.90 Å². The van der Waals surface area contributed by atoms with Crippen molar-refractivity contribution in [1.82, 2.24) is 4.90 Å². The number of urea groups is 1. The summed E-state index contributed by atoms with van der Waals surface area (Å²) in [5.74, 6) is 0.570. The van der Waals surface area contributed by atoms with E-state index < -0.39 is 35.6 Å². The highest BCUT2D eigenvalue weighted by Gasteiger charge is 2.41. The number of likely N-dealkylation sites (N-methyl/N-ethyl adjacent to an activating group) is 1.